The van der Waals surface area contributed by atoms with Crippen molar-refractivity contribution in [2.75, 3.05) is 19.8 Å². The van der Waals surface area contributed by atoms with Crippen LogP contribution in [-0.2, 0) is 16.0 Å². The Balaban J connectivity index is 2.32. The fourth-order valence-electron chi connectivity index (χ4n) is 2.65. The highest BCUT2D eigenvalue weighted by molar-refractivity contribution is 6.31. The van der Waals surface area contributed by atoms with Crippen LogP contribution in [0.5, 0.6) is 0 Å². The van der Waals surface area contributed by atoms with Crippen LogP contribution in [0.1, 0.15) is 38.5 Å². The van der Waals surface area contributed by atoms with Gasteiger partial charge in [0.25, 0.3) is 0 Å². The number of hydrogen-bond donors (Lipinski definition) is 1. The van der Waals surface area contributed by atoms with E-state index < -0.39 is 11.7 Å². The summed E-state index contributed by atoms with van der Waals surface area (Å²) in [7, 11) is 0. The number of ether oxygens (including phenoxy) is 2. The predicted molar refractivity (Wildman–Crippen MR) is 72.3 cm³/mol. The van der Waals surface area contributed by atoms with Crippen molar-refractivity contribution in [2.45, 2.75) is 44.9 Å². The van der Waals surface area contributed by atoms with Gasteiger partial charge in [0.05, 0.1) is 16.9 Å². The van der Waals surface area contributed by atoms with Crippen LogP contribution in [0, 0.1) is 0 Å². The molecule has 0 bridgehead atoms. The van der Waals surface area contributed by atoms with E-state index in [4.69, 9.17) is 21.1 Å². The predicted octanol–water partition coefficient (Wildman–Crippen LogP) is 2.18. The van der Waals surface area contributed by atoms with Crippen LogP contribution >= 0.6 is 11.6 Å². The highest BCUT2D eigenvalue weighted by Gasteiger charge is 2.43. The van der Waals surface area contributed by atoms with Crippen molar-refractivity contribution in [3.8, 4) is 0 Å². The summed E-state index contributed by atoms with van der Waals surface area (Å²) < 4.78 is 13.0. The maximum absolute atomic E-state index is 10.8. The topological polar surface area (TPSA) is 56.5 Å². The molecule has 1 N–H and O–H groups in total. The van der Waals surface area contributed by atoms with Gasteiger partial charge >= 0.3 is 0 Å². The van der Waals surface area contributed by atoms with Crippen molar-refractivity contribution >= 4 is 11.6 Å². The number of hydrogen-bond acceptors (Lipinski definition) is 4. The summed E-state index contributed by atoms with van der Waals surface area (Å²) in [5.41, 5.74) is 0.0170. The lowest BCUT2D eigenvalue weighted by molar-refractivity contribution is -0.169. The average molecular weight is 289 g/mol. The van der Waals surface area contributed by atoms with E-state index in [1.165, 1.54) is 0 Å². The number of aliphatic hydroxyl groups is 1. The lowest BCUT2D eigenvalue weighted by Gasteiger charge is -2.40. The lowest BCUT2D eigenvalue weighted by Crippen LogP contribution is -2.45. The Morgan fingerprint density at radius 1 is 1.53 bits per heavy atom. The Labute approximate surface area is 118 Å². The van der Waals surface area contributed by atoms with Gasteiger partial charge in [-0.3, -0.25) is 4.68 Å². The fraction of sp³-hybridized carbons (Fsp3) is 0.769. The van der Waals surface area contributed by atoms with E-state index in [1.54, 1.807) is 10.9 Å². The van der Waals surface area contributed by atoms with Crippen LogP contribution in [-0.4, -0.2) is 40.3 Å². The molecule has 0 radical (unpaired) electrons. The van der Waals surface area contributed by atoms with E-state index in [-0.39, 0.29) is 0 Å². The van der Waals surface area contributed by atoms with Crippen molar-refractivity contribution < 1.29 is 14.6 Å². The van der Waals surface area contributed by atoms with Crippen molar-refractivity contribution in [1.29, 1.82) is 0 Å². The Kier molecular flexibility index (Phi) is 4.84. The molecule has 2 rings (SSSR count). The molecule has 0 spiro atoms. The molecule has 1 unspecified atom stereocenters. The molecule has 0 amide bonds. The van der Waals surface area contributed by atoms with E-state index in [1.807, 2.05) is 13.8 Å². The van der Waals surface area contributed by atoms with Gasteiger partial charge in [0, 0.05) is 39.2 Å². The van der Waals surface area contributed by atoms with Crippen LogP contribution in [0.3, 0.4) is 0 Å². The quantitative estimate of drug-likeness (QED) is 0.902. The third kappa shape index (κ3) is 2.79. The van der Waals surface area contributed by atoms with Crippen molar-refractivity contribution in [3.05, 3.63) is 16.9 Å². The minimum Gasteiger partial charge on any atom is -0.384 e. The van der Waals surface area contributed by atoms with Crippen LogP contribution in [0.2, 0.25) is 5.02 Å². The van der Waals surface area contributed by atoms with Gasteiger partial charge in [-0.1, -0.05) is 11.6 Å². The molecule has 1 saturated heterocycles. The summed E-state index contributed by atoms with van der Waals surface area (Å²) in [6.45, 7) is 6.30. The summed E-state index contributed by atoms with van der Waals surface area (Å²) in [5, 5.41) is 15.4. The smallest absolute Gasteiger partial charge is 0.126 e. The number of aliphatic hydroxyl groups excluding tert-OH is 1. The van der Waals surface area contributed by atoms with Gasteiger partial charge < -0.3 is 14.6 Å². The molecule has 5 nitrogen and oxygen atoms in total. The lowest BCUT2D eigenvalue weighted by atomic mass is 9.86. The largest absolute Gasteiger partial charge is 0.384 e. The molecule has 1 aliphatic rings. The Morgan fingerprint density at radius 3 is 2.79 bits per heavy atom. The van der Waals surface area contributed by atoms with Crippen LogP contribution in [0.25, 0.3) is 0 Å². The summed E-state index contributed by atoms with van der Waals surface area (Å²) in [6.07, 6.45) is 2.11. The van der Waals surface area contributed by atoms with E-state index >= 15 is 0 Å². The molecule has 0 saturated carbocycles. The van der Waals surface area contributed by atoms with E-state index in [0.29, 0.717) is 49.9 Å². The average Bonchev–Trinajstić information content (AvgIpc) is 2.80. The fourth-order valence-corrected chi connectivity index (χ4v) is 2.89. The minimum absolute atomic E-state index is 0.486. The maximum Gasteiger partial charge on any atom is 0.126 e. The maximum atomic E-state index is 10.8. The molecule has 0 aliphatic carbocycles. The normalized spacial score (nSPS) is 20.4. The number of aryl methyl sites for hydroxylation is 1. The van der Waals surface area contributed by atoms with Crippen molar-refractivity contribution in [2.24, 2.45) is 0 Å². The number of nitrogens with zero attached hydrogens (tertiary/aromatic N) is 2. The molecular weight excluding hydrogens is 268 g/mol. The Bertz CT molecular complexity index is 411. The summed E-state index contributed by atoms with van der Waals surface area (Å²) >= 11 is 6.17. The summed E-state index contributed by atoms with van der Waals surface area (Å²) in [5.74, 6) is 0. The molecule has 1 aromatic rings. The van der Waals surface area contributed by atoms with Crippen LogP contribution in [0.4, 0.5) is 0 Å². The van der Waals surface area contributed by atoms with Gasteiger partial charge in [-0.2, -0.15) is 5.10 Å². The minimum atomic E-state index is -0.786. The molecule has 19 heavy (non-hydrogen) atoms. The van der Waals surface area contributed by atoms with Gasteiger partial charge in [-0.25, -0.2) is 0 Å². The first kappa shape index (κ1) is 14.8. The zero-order chi connectivity index (χ0) is 13.9. The highest BCUT2D eigenvalue weighted by atomic mass is 35.5. The number of aromatic nitrogens is 2. The third-order valence-electron chi connectivity index (χ3n) is 3.66. The van der Waals surface area contributed by atoms with Gasteiger partial charge in [-0.05, 0) is 13.8 Å². The zero-order valence-corrected chi connectivity index (χ0v) is 12.2. The zero-order valence-electron chi connectivity index (χ0n) is 11.4. The molecule has 1 aliphatic heterocycles. The molecule has 1 aromatic heterocycles. The molecular formula is C13H21ClN2O3. The second-order valence-corrected chi connectivity index (χ2v) is 5.11. The second kappa shape index (κ2) is 6.22. The summed E-state index contributed by atoms with van der Waals surface area (Å²) in [4.78, 5) is 0. The molecule has 6 heteroatoms. The monoisotopic (exact) mass is 288 g/mol. The standard InChI is InChI=1S/C13H21ClN2O3/c1-3-16-11(10(14)9-15-16)12(17)13(19-4-2)5-7-18-8-6-13/h9,12,17H,3-8H2,1-2H3. The SMILES string of the molecule is CCOC1(C(O)c2c(Cl)cnn2CC)CCOCC1. The van der Waals surface area contributed by atoms with Gasteiger partial charge in [0.1, 0.15) is 11.7 Å². The van der Waals surface area contributed by atoms with Crippen molar-refractivity contribution in [3.63, 3.8) is 0 Å². The van der Waals surface area contributed by atoms with Gasteiger partial charge in [0.2, 0.25) is 0 Å². The van der Waals surface area contributed by atoms with E-state index in [2.05, 4.69) is 5.10 Å². The molecule has 0 aromatic carbocycles. The van der Waals surface area contributed by atoms with Crippen LogP contribution in [0.15, 0.2) is 6.20 Å². The van der Waals surface area contributed by atoms with Crippen LogP contribution < -0.4 is 0 Å². The van der Waals surface area contributed by atoms with E-state index in [0.717, 1.165) is 0 Å². The molecule has 1 atom stereocenters. The first-order valence-electron chi connectivity index (χ1n) is 6.75. The second-order valence-electron chi connectivity index (χ2n) is 4.71. The first-order valence-corrected chi connectivity index (χ1v) is 7.13. The Hall–Kier alpha value is -0.620. The van der Waals surface area contributed by atoms with Gasteiger partial charge in [-0.15, -0.1) is 0 Å². The van der Waals surface area contributed by atoms with E-state index in [9.17, 15) is 5.11 Å². The third-order valence-corrected chi connectivity index (χ3v) is 3.95. The Morgan fingerprint density at radius 2 is 2.21 bits per heavy atom. The highest BCUT2D eigenvalue weighted by Crippen LogP contribution is 2.40. The number of rotatable bonds is 5. The molecule has 108 valence electrons. The summed E-state index contributed by atoms with van der Waals surface area (Å²) in [6, 6.07) is 0. The number of halogens is 1. The first-order chi connectivity index (χ1) is 9.14. The molecule has 2 heterocycles. The molecule has 1 fully saturated rings. The van der Waals surface area contributed by atoms with Crippen molar-refractivity contribution in [1.82, 2.24) is 9.78 Å². The van der Waals surface area contributed by atoms with Gasteiger partial charge in [0.15, 0.2) is 0 Å².